The minimum Gasteiger partial charge on any atom is -0.484 e. The first-order chi connectivity index (χ1) is 19.6. The fourth-order valence-electron chi connectivity index (χ4n) is 5.87. The largest absolute Gasteiger partial charge is 0.484 e. The number of carbonyl (C=O) groups excluding carboxylic acids is 2. The second-order valence-corrected chi connectivity index (χ2v) is 11.1. The van der Waals surface area contributed by atoms with E-state index in [-0.39, 0.29) is 25.0 Å². The summed E-state index contributed by atoms with van der Waals surface area (Å²) in [6.07, 6.45) is 12.9. The van der Waals surface area contributed by atoms with Crippen molar-refractivity contribution in [3.05, 3.63) is 83.9 Å². The second-order valence-electron chi connectivity index (χ2n) is 11.1. The highest BCUT2D eigenvalue weighted by atomic mass is 16.5. The van der Waals surface area contributed by atoms with Crippen molar-refractivity contribution in [2.24, 2.45) is 0 Å². The third kappa shape index (κ3) is 8.10. The molecule has 2 aliphatic rings. The summed E-state index contributed by atoms with van der Waals surface area (Å²) in [6.45, 7) is -0.138. The highest BCUT2D eigenvalue weighted by Crippen LogP contribution is 2.34. The lowest BCUT2D eigenvalue weighted by Crippen LogP contribution is -2.21. The van der Waals surface area contributed by atoms with Gasteiger partial charge in [0.15, 0.2) is 13.2 Å². The van der Waals surface area contributed by atoms with Crippen molar-refractivity contribution in [2.75, 3.05) is 23.8 Å². The molecule has 0 spiro atoms. The molecule has 2 aliphatic carbocycles. The quantitative estimate of drug-likeness (QED) is 0.275. The molecular weight excluding hydrogens is 500 g/mol. The summed E-state index contributed by atoms with van der Waals surface area (Å²) >= 11 is 0. The van der Waals surface area contributed by atoms with Gasteiger partial charge in [0.2, 0.25) is 0 Å². The molecule has 40 heavy (non-hydrogen) atoms. The van der Waals surface area contributed by atoms with E-state index in [1.807, 2.05) is 24.3 Å². The molecule has 0 saturated heterocycles. The van der Waals surface area contributed by atoms with Crippen LogP contribution in [0.15, 0.2) is 72.8 Å². The summed E-state index contributed by atoms with van der Waals surface area (Å²) in [4.78, 5) is 24.7. The third-order valence-electron chi connectivity index (χ3n) is 8.11. The van der Waals surface area contributed by atoms with Crippen molar-refractivity contribution in [1.82, 2.24) is 0 Å². The Labute approximate surface area is 237 Å². The molecule has 0 bridgehead atoms. The average Bonchev–Trinajstić information content (AvgIpc) is 3.01. The first kappa shape index (κ1) is 27.8. The predicted octanol–water partition coefficient (Wildman–Crippen LogP) is 7.82. The second kappa shape index (κ2) is 14.0. The smallest absolute Gasteiger partial charge is 0.262 e. The zero-order valence-electron chi connectivity index (χ0n) is 23.2. The monoisotopic (exact) mass is 540 g/mol. The van der Waals surface area contributed by atoms with Gasteiger partial charge in [-0.25, -0.2) is 0 Å². The van der Waals surface area contributed by atoms with Gasteiger partial charge in [-0.2, -0.15) is 0 Å². The molecule has 2 saturated carbocycles. The van der Waals surface area contributed by atoms with Gasteiger partial charge in [-0.05, 0) is 97.2 Å². The van der Waals surface area contributed by atoms with Crippen LogP contribution in [0.4, 0.5) is 11.4 Å². The molecule has 0 atom stereocenters. The Bertz CT molecular complexity index is 1130. The molecule has 2 fully saturated rings. The molecule has 2 N–H and O–H groups in total. The van der Waals surface area contributed by atoms with Crippen molar-refractivity contribution < 1.29 is 19.1 Å². The summed E-state index contributed by atoms with van der Waals surface area (Å²) in [7, 11) is 0. The molecule has 3 aromatic carbocycles. The third-order valence-corrected chi connectivity index (χ3v) is 8.11. The first-order valence-corrected chi connectivity index (χ1v) is 14.8. The Balaban J connectivity index is 1.01. The Morgan fingerprint density at radius 1 is 0.525 bits per heavy atom. The van der Waals surface area contributed by atoms with Gasteiger partial charge in [0.05, 0.1) is 0 Å². The zero-order valence-corrected chi connectivity index (χ0v) is 23.2. The number of rotatable bonds is 10. The van der Waals surface area contributed by atoms with E-state index in [2.05, 4.69) is 34.9 Å². The molecule has 210 valence electrons. The van der Waals surface area contributed by atoms with E-state index in [4.69, 9.17) is 9.47 Å². The number of nitrogens with one attached hydrogen (secondary N) is 2. The van der Waals surface area contributed by atoms with Gasteiger partial charge in [-0.1, -0.05) is 62.8 Å². The van der Waals surface area contributed by atoms with Crippen molar-refractivity contribution in [3.8, 4) is 11.5 Å². The van der Waals surface area contributed by atoms with E-state index in [0.29, 0.717) is 34.7 Å². The summed E-state index contributed by atoms with van der Waals surface area (Å²) < 4.78 is 11.4. The Kier molecular flexibility index (Phi) is 9.72. The van der Waals surface area contributed by atoms with Gasteiger partial charge in [0.25, 0.3) is 11.8 Å². The molecular formula is C34H40N2O4. The van der Waals surface area contributed by atoms with Crippen LogP contribution in [-0.4, -0.2) is 25.0 Å². The van der Waals surface area contributed by atoms with Crippen LogP contribution in [0, 0.1) is 0 Å². The molecule has 0 unspecified atom stereocenters. The minimum atomic E-state index is -0.240. The molecule has 0 heterocycles. The van der Waals surface area contributed by atoms with E-state index >= 15 is 0 Å². The molecule has 5 rings (SSSR count). The number of hydrogen-bond acceptors (Lipinski definition) is 4. The van der Waals surface area contributed by atoms with Crippen molar-refractivity contribution in [1.29, 1.82) is 0 Å². The lowest BCUT2D eigenvalue weighted by molar-refractivity contribution is -0.118. The maximum atomic E-state index is 12.4. The fraction of sp³-hybridized carbons (Fsp3) is 0.412. The van der Waals surface area contributed by atoms with Crippen molar-refractivity contribution in [3.63, 3.8) is 0 Å². The molecule has 0 radical (unpaired) electrons. The SMILES string of the molecule is O=C(COc1ccc(C2CCCCC2)cc1)Nc1ccc(NC(=O)COc2ccc(C3CCCCC3)cc2)cc1. The summed E-state index contributed by atoms with van der Waals surface area (Å²) in [5.41, 5.74) is 3.99. The van der Waals surface area contributed by atoms with Crippen molar-refractivity contribution >= 4 is 23.2 Å². The maximum absolute atomic E-state index is 12.4. The average molecular weight is 541 g/mol. The minimum absolute atomic E-state index is 0.0692. The first-order valence-electron chi connectivity index (χ1n) is 14.8. The van der Waals surface area contributed by atoms with Crippen LogP contribution in [0.25, 0.3) is 0 Å². The van der Waals surface area contributed by atoms with E-state index in [9.17, 15) is 9.59 Å². The molecule has 3 aromatic rings. The summed E-state index contributed by atoms with van der Waals surface area (Å²) in [5.74, 6) is 2.20. The fourth-order valence-corrected chi connectivity index (χ4v) is 5.87. The molecule has 6 heteroatoms. The molecule has 2 amide bonds. The Morgan fingerprint density at radius 2 is 0.875 bits per heavy atom. The van der Waals surface area contributed by atoms with Gasteiger partial charge in [-0.15, -0.1) is 0 Å². The lowest BCUT2D eigenvalue weighted by Gasteiger charge is -2.22. The maximum Gasteiger partial charge on any atom is 0.262 e. The number of benzene rings is 3. The highest BCUT2D eigenvalue weighted by Gasteiger charge is 2.16. The number of carbonyl (C=O) groups is 2. The van der Waals surface area contributed by atoms with Gasteiger partial charge < -0.3 is 20.1 Å². The Hall–Kier alpha value is -3.80. The summed E-state index contributed by atoms with van der Waals surface area (Å²) in [5, 5.41) is 5.66. The van der Waals surface area contributed by atoms with Crippen LogP contribution in [0.1, 0.15) is 87.2 Å². The topological polar surface area (TPSA) is 76.7 Å². The number of ether oxygens (including phenoxy) is 2. The van der Waals surface area contributed by atoms with Crippen LogP contribution in [0.3, 0.4) is 0 Å². The Morgan fingerprint density at radius 3 is 1.23 bits per heavy atom. The zero-order chi connectivity index (χ0) is 27.6. The molecule has 0 aromatic heterocycles. The highest BCUT2D eigenvalue weighted by molar-refractivity contribution is 5.94. The molecule has 6 nitrogen and oxygen atoms in total. The van der Waals surface area contributed by atoms with Crippen LogP contribution in [-0.2, 0) is 9.59 Å². The van der Waals surface area contributed by atoms with Crippen LogP contribution < -0.4 is 20.1 Å². The molecule has 0 aliphatic heterocycles. The normalized spacial score (nSPS) is 16.2. The van der Waals surface area contributed by atoms with Gasteiger partial charge in [-0.3, -0.25) is 9.59 Å². The van der Waals surface area contributed by atoms with Crippen LogP contribution in [0.2, 0.25) is 0 Å². The van der Waals surface area contributed by atoms with E-state index in [1.165, 1.54) is 75.3 Å². The van der Waals surface area contributed by atoms with Gasteiger partial charge in [0, 0.05) is 11.4 Å². The standard InChI is InChI=1S/C34H40N2O4/c37-33(23-39-31-19-11-27(12-20-31)25-7-3-1-4-8-25)35-29-15-17-30(18-16-29)36-34(38)24-40-32-21-13-28(14-22-32)26-9-5-2-6-10-26/h11-22,25-26H,1-10,23-24H2,(H,35,37)(H,36,38). The number of anilines is 2. The van der Waals surface area contributed by atoms with E-state index < -0.39 is 0 Å². The van der Waals surface area contributed by atoms with E-state index in [1.54, 1.807) is 24.3 Å². The lowest BCUT2D eigenvalue weighted by atomic mass is 9.84. The van der Waals surface area contributed by atoms with Gasteiger partial charge >= 0.3 is 0 Å². The predicted molar refractivity (Wildman–Crippen MR) is 159 cm³/mol. The van der Waals surface area contributed by atoms with Crippen LogP contribution >= 0.6 is 0 Å². The number of amides is 2. The van der Waals surface area contributed by atoms with Gasteiger partial charge in [0.1, 0.15) is 11.5 Å². The van der Waals surface area contributed by atoms with Crippen LogP contribution in [0.5, 0.6) is 11.5 Å². The van der Waals surface area contributed by atoms with E-state index in [0.717, 1.165) is 0 Å². The number of hydrogen-bond donors (Lipinski definition) is 2. The van der Waals surface area contributed by atoms with Crippen molar-refractivity contribution in [2.45, 2.75) is 76.0 Å². The summed E-state index contributed by atoms with van der Waals surface area (Å²) in [6, 6.07) is 23.3.